The van der Waals surface area contributed by atoms with Gasteiger partial charge in [0.2, 0.25) is 5.88 Å². The topological polar surface area (TPSA) is 39.9 Å². The summed E-state index contributed by atoms with van der Waals surface area (Å²) in [5, 5.41) is 8.11. The summed E-state index contributed by atoms with van der Waals surface area (Å²) in [6.45, 7) is 6.63. The van der Waals surface area contributed by atoms with Crippen molar-refractivity contribution in [3.63, 3.8) is 0 Å². The predicted octanol–water partition coefficient (Wildman–Crippen LogP) is 10.5. The van der Waals surface area contributed by atoms with E-state index in [4.69, 9.17) is 9.72 Å². The fraction of sp³-hybridized carbons (Fsp3) is 0.105. The van der Waals surface area contributed by atoms with Crippen LogP contribution < -0.4 is 4.74 Å². The Balaban J connectivity index is 0.000000204. The normalized spacial score (nSPS) is 11.3. The standard InChI is InChI=1S/C26H22N3O.C12H9P.Pt/c1-26(2,3)18-13-15-27-24(16-18)29-22-9-5-4-8-20(22)21-12-11-19(17-23(21)29)30-25-10-6-7-14-28-25;1-3-7-11-9(5-1)10-6-2-4-8-12(10)13-11;/h4-16H,1-3H3;1-8,13H;/q-1;;. The van der Waals surface area contributed by atoms with Gasteiger partial charge in [-0.15, -0.1) is 25.7 Å². The van der Waals surface area contributed by atoms with Gasteiger partial charge in [-0.05, 0) is 61.6 Å². The minimum absolute atomic E-state index is 0. The Morgan fingerprint density at radius 3 is 2.00 bits per heavy atom. The molecule has 0 bridgehead atoms. The minimum atomic E-state index is 0. The van der Waals surface area contributed by atoms with Crippen LogP contribution in [-0.2, 0) is 26.5 Å². The van der Waals surface area contributed by atoms with Gasteiger partial charge in [-0.2, -0.15) is 6.07 Å². The Morgan fingerprint density at radius 2 is 1.32 bits per heavy atom. The third kappa shape index (κ3) is 5.81. The fourth-order valence-electron chi connectivity index (χ4n) is 5.50. The van der Waals surface area contributed by atoms with E-state index in [1.54, 1.807) is 6.20 Å². The van der Waals surface area contributed by atoms with Crippen molar-refractivity contribution in [2.75, 3.05) is 0 Å². The number of ether oxygens (including phenoxy) is 1. The maximum atomic E-state index is 5.95. The van der Waals surface area contributed by atoms with Crippen LogP contribution in [0, 0.1) is 6.07 Å². The number of fused-ring (bicyclic) bond motifs is 6. The summed E-state index contributed by atoms with van der Waals surface area (Å²) in [7, 11) is 0.851. The average molecular weight is 772 g/mol. The van der Waals surface area contributed by atoms with Crippen molar-refractivity contribution < 1.29 is 25.8 Å². The number of hydrogen-bond acceptors (Lipinski definition) is 3. The Morgan fingerprint density at radius 1 is 0.659 bits per heavy atom. The van der Waals surface area contributed by atoms with E-state index < -0.39 is 0 Å². The first-order chi connectivity index (χ1) is 21.0. The second-order valence-electron chi connectivity index (χ2n) is 11.6. The van der Waals surface area contributed by atoms with Gasteiger partial charge in [-0.25, -0.2) is 9.97 Å². The van der Waals surface area contributed by atoms with Gasteiger partial charge in [0, 0.05) is 50.8 Å². The molecule has 220 valence electrons. The summed E-state index contributed by atoms with van der Waals surface area (Å²) in [4.78, 5) is 8.95. The van der Waals surface area contributed by atoms with Crippen molar-refractivity contribution in [1.29, 1.82) is 0 Å². The first kappa shape index (κ1) is 29.8. The van der Waals surface area contributed by atoms with E-state index in [1.807, 2.05) is 30.5 Å². The molecule has 44 heavy (non-hydrogen) atoms. The van der Waals surface area contributed by atoms with E-state index >= 15 is 0 Å². The van der Waals surface area contributed by atoms with Crippen molar-refractivity contribution in [2.24, 2.45) is 0 Å². The molecule has 0 unspecified atom stereocenters. The van der Waals surface area contributed by atoms with E-state index in [9.17, 15) is 0 Å². The van der Waals surface area contributed by atoms with Crippen molar-refractivity contribution in [1.82, 2.24) is 14.5 Å². The van der Waals surface area contributed by atoms with E-state index in [-0.39, 0.29) is 26.5 Å². The van der Waals surface area contributed by atoms with Crippen LogP contribution >= 0.6 is 8.19 Å². The summed E-state index contributed by atoms with van der Waals surface area (Å²) in [5.41, 5.74) is 3.30. The van der Waals surface area contributed by atoms with Crippen LogP contribution in [0.2, 0.25) is 0 Å². The van der Waals surface area contributed by atoms with Gasteiger partial charge in [0.1, 0.15) is 5.82 Å². The quantitative estimate of drug-likeness (QED) is 0.168. The van der Waals surface area contributed by atoms with Gasteiger partial charge < -0.3 is 9.30 Å². The van der Waals surface area contributed by atoms with Crippen molar-refractivity contribution in [3.05, 3.63) is 139 Å². The average Bonchev–Trinajstić information content (AvgIpc) is 3.57. The molecule has 4 aromatic heterocycles. The largest absolute Gasteiger partial charge is 0.466 e. The van der Waals surface area contributed by atoms with Crippen LogP contribution in [-0.4, -0.2) is 14.5 Å². The molecule has 4 aromatic carbocycles. The molecule has 8 rings (SSSR count). The van der Waals surface area contributed by atoms with Crippen LogP contribution in [0.15, 0.2) is 128 Å². The maximum Gasteiger partial charge on any atom is 0.216 e. The summed E-state index contributed by atoms with van der Waals surface area (Å²) in [5.74, 6) is 2.04. The fourth-order valence-corrected chi connectivity index (χ4v) is 6.85. The molecule has 6 heteroatoms. The molecule has 4 nitrogen and oxygen atoms in total. The van der Waals surface area contributed by atoms with Crippen LogP contribution in [0.4, 0.5) is 0 Å². The number of pyridine rings is 2. The molecule has 0 saturated carbocycles. The summed E-state index contributed by atoms with van der Waals surface area (Å²) < 4.78 is 8.11. The Kier molecular flexibility index (Phi) is 8.41. The minimum Gasteiger partial charge on any atom is -0.466 e. The number of benzene rings is 4. The zero-order chi connectivity index (χ0) is 29.4. The van der Waals surface area contributed by atoms with Crippen molar-refractivity contribution >= 4 is 51.0 Å². The van der Waals surface area contributed by atoms with Crippen molar-refractivity contribution in [3.8, 4) is 17.4 Å². The molecular weight excluding hydrogens is 740 g/mol. The molecule has 0 aliphatic carbocycles. The monoisotopic (exact) mass is 771 g/mol. The van der Waals surface area contributed by atoms with Gasteiger partial charge in [0.25, 0.3) is 0 Å². The van der Waals surface area contributed by atoms with Gasteiger partial charge >= 0.3 is 0 Å². The number of rotatable bonds is 3. The Labute approximate surface area is 273 Å². The van der Waals surface area contributed by atoms with E-state index in [2.05, 4.69) is 127 Å². The van der Waals surface area contributed by atoms with Gasteiger partial charge in [-0.1, -0.05) is 99.1 Å². The number of nitrogens with zero attached hydrogens (tertiary/aromatic N) is 3. The van der Waals surface area contributed by atoms with E-state index in [0.29, 0.717) is 11.6 Å². The van der Waals surface area contributed by atoms with Gasteiger partial charge in [0.05, 0.1) is 0 Å². The molecule has 0 radical (unpaired) electrons. The molecule has 0 aliphatic heterocycles. The molecule has 0 amide bonds. The second kappa shape index (κ2) is 12.4. The molecular formula is C38H31N3OPPt-. The SMILES string of the molecule is CC(C)(C)c1ccnc(-n2c3[c-]c(Oc4ccccn4)ccc3c3ccccc32)c1.[Pt].c1ccc2c(c1)[pH]c1ccccc12. The van der Waals surface area contributed by atoms with E-state index in [1.165, 1.54) is 26.6 Å². The summed E-state index contributed by atoms with van der Waals surface area (Å²) >= 11 is 0. The molecule has 8 aromatic rings. The first-order valence-electron chi connectivity index (χ1n) is 14.4. The van der Waals surface area contributed by atoms with Crippen LogP contribution in [0.5, 0.6) is 11.6 Å². The first-order valence-corrected chi connectivity index (χ1v) is 15.4. The molecule has 0 fully saturated rings. The molecule has 0 spiro atoms. The Bertz CT molecular complexity index is 2160. The molecule has 0 N–H and O–H groups in total. The van der Waals surface area contributed by atoms with Crippen LogP contribution in [0.3, 0.4) is 0 Å². The molecule has 4 heterocycles. The summed E-state index contributed by atoms with van der Waals surface area (Å²) in [6.07, 6.45) is 3.59. The van der Waals surface area contributed by atoms with Gasteiger partial charge in [0.15, 0.2) is 0 Å². The predicted molar refractivity (Wildman–Crippen MR) is 181 cm³/mol. The molecule has 0 saturated heterocycles. The van der Waals surface area contributed by atoms with E-state index in [0.717, 1.165) is 35.8 Å². The third-order valence-electron chi connectivity index (χ3n) is 7.66. The third-order valence-corrected chi connectivity index (χ3v) is 9.07. The van der Waals surface area contributed by atoms with Crippen LogP contribution in [0.1, 0.15) is 26.3 Å². The zero-order valence-corrected chi connectivity index (χ0v) is 28.0. The zero-order valence-electron chi connectivity index (χ0n) is 24.7. The molecule has 0 aliphatic rings. The van der Waals surface area contributed by atoms with Crippen molar-refractivity contribution in [2.45, 2.75) is 26.2 Å². The number of para-hydroxylation sites is 1. The number of hydrogen-bond donors (Lipinski definition) is 0. The smallest absolute Gasteiger partial charge is 0.216 e. The second-order valence-corrected chi connectivity index (χ2v) is 12.9. The summed E-state index contributed by atoms with van der Waals surface area (Å²) in [6, 6.07) is 43.0. The van der Waals surface area contributed by atoms with Gasteiger partial charge in [-0.3, -0.25) is 0 Å². The maximum absolute atomic E-state index is 5.95. The molecule has 0 atom stereocenters. The number of aromatic nitrogens is 3. The Hall–Kier alpha value is -4.23. The van der Waals surface area contributed by atoms with Crippen LogP contribution in [0.25, 0.3) is 48.6 Å².